The predicted molar refractivity (Wildman–Crippen MR) is 115 cm³/mol. The summed E-state index contributed by atoms with van der Waals surface area (Å²) in [6, 6.07) is 16.1. The Hall–Kier alpha value is -2.24. The van der Waals surface area contributed by atoms with Crippen molar-refractivity contribution in [3.8, 4) is 0 Å². The molecule has 8 heteroatoms. The maximum Gasteiger partial charge on any atom is 0.255 e. The summed E-state index contributed by atoms with van der Waals surface area (Å²) in [4.78, 5) is 24.7. The summed E-state index contributed by atoms with van der Waals surface area (Å²) in [5, 5.41) is 6.42. The Labute approximate surface area is 181 Å². The van der Waals surface area contributed by atoms with Gasteiger partial charge in [0, 0.05) is 21.2 Å². The van der Waals surface area contributed by atoms with Gasteiger partial charge in [0.25, 0.3) is 11.8 Å². The number of anilines is 2. The summed E-state index contributed by atoms with van der Waals surface area (Å²) in [5.74, 6) is -0.785. The highest BCUT2D eigenvalue weighted by Gasteiger charge is 2.16. The molecule has 4 nitrogen and oxygen atoms in total. The average Bonchev–Trinajstić information content (AvgIpc) is 2.67. The van der Waals surface area contributed by atoms with Crippen molar-refractivity contribution in [3.63, 3.8) is 0 Å². The van der Waals surface area contributed by atoms with Crippen LogP contribution in [0.1, 0.15) is 20.7 Å². The number of halogens is 4. The molecule has 0 aliphatic heterocycles. The fourth-order valence-corrected chi connectivity index (χ4v) is 3.20. The summed E-state index contributed by atoms with van der Waals surface area (Å²) >= 11 is 24.3. The molecule has 142 valence electrons. The fraction of sp³-hybridized carbons (Fsp3) is 0. The van der Waals surface area contributed by atoms with Crippen molar-refractivity contribution in [2.24, 2.45) is 0 Å². The normalized spacial score (nSPS) is 10.4. The molecule has 0 unspecified atom stereocenters. The van der Waals surface area contributed by atoms with E-state index in [4.69, 9.17) is 46.4 Å². The highest BCUT2D eigenvalue weighted by Crippen LogP contribution is 2.36. The zero-order chi connectivity index (χ0) is 20.3. The van der Waals surface area contributed by atoms with Crippen LogP contribution in [0.4, 0.5) is 11.4 Å². The third-order valence-electron chi connectivity index (χ3n) is 3.75. The van der Waals surface area contributed by atoms with E-state index in [9.17, 15) is 9.59 Å². The van der Waals surface area contributed by atoms with Gasteiger partial charge in [-0.1, -0.05) is 58.5 Å². The molecule has 3 aromatic rings. The van der Waals surface area contributed by atoms with Crippen LogP contribution in [0.2, 0.25) is 20.1 Å². The van der Waals surface area contributed by atoms with Gasteiger partial charge in [-0.05, 0) is 48.5 Å². The predicted octanol–water partition coefficient (Wildman–Crippen LogP) is 6.80. The average molecular weight is 454 g/mol. The van der Waals surface area contributed by atoms with Gasteiger partial charge in [-0.15, -0.1) is 0 Å². The van der Waals surface area contributed by atoms with Gasteiger partial charge < -0.3 is 10.6 Å². The van der Waals surface area contributed by atoms with Gasteiger partial charge in [0.05, 0.1) is 21.4 Å². The first-order chi connectivity index (χ1) is 13.3. The maximum atomic E-state index is 12.4. The number of nitrogens with one attached hydrogen (secondary N) is 2. The van der Waals surface area contributed by atoms with Crippen molar-refractivity contribution in [2.45, 2.75) is 0 Å². The Kier molecular flexibility index (Phi) is 6.47. The second-order valence-electron chi connectivity index (χ2n) is 5.72. The summed E-state index contributed by atoms with van der Waals surface area (Å²) < 4.78 is 0. The van der Waals surface area contributed by atoms with Crippen molar-refractivity contribution in [1.82, 2.24) is 0 Å². The number of carbonyl (C=O) groups excluding carboxylic acids is 2. The molecule has 0 fully saturated rings. The maximum absolute atomic E-state index is 12.4. The van der Waals surface area contributed by atoms with Gasteiger partial charge in [0.2, 0.25) is 0 Å². The van der Waals surface area contributed by atoms with Gasteiger partial charge in [-0.2, -0.15) is 0 Å². The number of rotatable bonds is 4. The van der Waals surface area contributed by atoms with E-state index in [1.807, 2.05) is 0 Å². The molecule has 3 aromatic carbocycles. The van der Waals surface area contributed by atoms with Crippen LogP contribution in [-0.4, -0.2) is 11.8 Å². The molecule has 2 amide bonds. The zero-order valence-corrected chi connectivity index (χ0v) is 17.1. The Morgan fingerprint density at radius 3 is 1.36 bits per heavy atom. The highest BCUT2D eigenvalue weighted by molar-refractivity contribution is 6.46. The first kappa shape index (κ1) is 20.5. The molecule has 0 aliphatic rings. The van der Waals surface area contributed by atoms with Gasteiger partial charge >= 0.3 is 0 Å². The van der Waals surface area contributed by atoms with E-state index in [1.165, 1.54) is 12.1 Å². The lowest BCUT2D eigenvalue weighted by Gasteiger charge is -2.13. The van der Waals surface area contributed by atoms with Crippen LogP contribution in [0, 0.1) is 0 Å². The lowest BCUT2D eigenvalue weighted by atomic mass is 10.2. The van der Waals surface area contributed by atoms with Crippen molar-refractivity contribution in [1.29, 1.82) is 0 Å². The lowest BCUT2D eigenvalue weighted by molar-refractivity contribution is 0.101. The van der Waals surface area contributed by atoms with Gasteiger partial charge in [0.15, 0.2) is 0 Å². The van der Waals surface area contributed by atoms with E-state index in [2.05, 4.69) is 10.6 Å². The minimum absolute atomic E-state index is 0.0981. The number of benzene rings is 3. The van der Waals surface area contributed by atoms with Gasteiger partial charge in [-0.25, -0.2) is 0 Å². The molecule has 0 aromatic heterocycles. The third-order valence-corrected chi connectivity index (χ3v) is 5.10. The monoisotopic (exact) mass is 452 g/mol. The van der Waals surface area contributed by atoms with E-state index in [-0.39, 0.29) is 10.0 Å². The van der Waals surface area contributed by atoms with Crippen LogP contribution in [0.3, 0.4) is 0 Å². The summed E-state index contributed by atoms with van der Waals surface area (Å²) in [5.41, 5.74) is 1.35. The minimum atomic E-state index is -0.392. The molecule has 2 N–H and O–H groups in total. The molecule has 0 aliphatic carbocycles. The highest BCUT2D eigenvalue weighted by atomic mass is 35.5. The van der Waals surface area contributed by atoms with E-state index < -0.39 is 11.8 Å². The Morgan fingerprint density at radius 1 is 0.607 bits per heavy atom. The van der Waals surface area contributed by atoms with Crippen LogP contribution < -0.4 is 10.6 Å². The topological polar surface area (TPSA) is 58.2 Å². The number of amides is 2. The van der Waals surface area contributed by atoms with Crippen molar-refractivity contribution in [2.75, 3.05) is 10.6 Å². The molecule has 28 heavy (non-hydrogen) atoms. The Bertz CT molecular complexity index is 985. The van der Waals surface area contributed by atoms with E-state index in [0.29, 0.717) is 32.5 Å². The lowest BCUT2D eigenvalue weighted by Crippen LogP contribution is -2.14. The van der Waals surface area contributed by atoms with E-state index in [0.717, 1.165) is 0 Å². The molecule has 0 atom stereocenters. The summed E-state index contributed by atoms with van der Waals surface area (Å²) in [6.45, 7) is 0. The number of hydrogen-bond donors (Lipinski definition) is 2. The summed E-state index contributed by atoms with van der Waals surface area (Å²) in [7, 11) is 0. The van der Waals surface area contributed by atoms with Crippen molar-refractivity contribution >= 4 is 69.6 Å². The fourth-order valence-electron chi connectivity index (χ4n) is 2.39. The minimum Gasteiger partial charge on any atom is -0.321 e. The SMILES string of the molecule is O=C(Nc1ccc(NC(=O)c2cccc(Cl)c2)c(Cl)c1Cl)c1cccc(Cl)c1. The van der Waals surface area contributed by atoms with Crippen LogP contribution in [0.15, 0.2) is 60.7 Å². The summed E-state index contributed by atoms with van der Waals surface area (Å²) in [6.07, 6.45) is 0. The molecule has 3 rings (SSSR count). The smallest absolute Gasteiger partial charge is 0.255 e. The first-order valence-corrected chi connectivity index (χ1v) is 9.48. The molecular weight excluding hydrogens is 442 g/mol. The van der Waals surface area contributed by atoms with Gasteiger partial charge in [-0.3, -0.25) is 9.59 Å². The second kappa shape index (κ2) is 8.84. The van der Waals surface area contributed by atoms with Crippen LogP contribution in [0.5, 0.6) is 0 Å². The largest absolute Gasteiger partial charge is 0.321 e. The number of carbonyl (C=O) groups is 2. The quantitative estimate of drug-likeness (QED) is 0.456. The Morgan fingerprint density at radius 2 is 1.00 bits per heavy atom. The molecule has 0 bridgehead atoms. The molecular formula is C20H12Cl4N2O2. The molecule has 0 heterocycles. The van der Waals surface area contributed by atoms with Crippen LogP contribution in [0.25, 0.3) is 0 Å². The third kappa shape index (κ3) is 4.78. The van der Waals surface area contributed by atoms with Crippen LogP contribution in [-0.2, 0) is 0 Å². The molecule has 0 radical (unpaired) electrons. The van der Waals surface area contributed by atoms with Crippen LogP contribution >= 0.6 is 46.4 Å². The molecule has 0 spiro atoms. The molecule has 0 saturated carbocycles. The molecule has 0 saturated heterocycles. The van der Waals surface area contributed by atoms with Crippen molar-refractivity contribution < 1.29 is 9.59 Å². The second-order valence-corrected chi connectivity index (χ2v) is 7.35. The standard InChI is InChI=1S/C20H12Cl4N2O2/c21-13-5-1-3-11(9-13)19(27)25-15-7-8-16(18(24)17(15)23)26-20(28)12-4-2-6-14(22)10-12/h1-10H,(H,25,27)(H,26,28). The number of hydrogen-bond acceptors (Lipinski definition) is 2. The first-order valence-electron chi connectivity index (χ1n) is 7.97. The Balaban J connectivity index is 1.79. The van der Waals surface area contributed by atoms with Crippen molar-refractivity contribution in [3.05, 3.63) is 91.9 Å². The van der Waals surface area contributed by atoms with Gasteiger partial charge in [0.1, 0.15) is 0 Å². The van der Waals surface area contributed by atoms with E-state index in [1.54, 1.807) is 48.5 Å². The zero-order valence-electron chi connectivity index (χ0n) is 14.1. The van der Waals surface area contributed by atoms with E-state index >= 15 is 0 Å².